The van der Waals surface area contributed by atoms with Crippen molar-refractivity contribution in [2.75, 3.05) is 13.2 Å². The minimum absolute atomic E-state index is 0.296. The highest BCUT2D eigenvalue weighted by molar-refractivity contribution is 8.16. The highest BCUT2D eigenvalue weighted by Gasteiger charge is 2.42. The third-order valence-corrected chi connectivity index (χ3v) is 7.06. The number of aliphatic imine (C=N–C) groups is 1. The fraction of sp³-hybridized carbons (Fsp3) is 0.200. The molecule has 6 heteroatoms. The van der Waals surface area contributed by atoms with Gasteiger partial charge in [0.05, 0.1) is 36.2 Å². The first-order valence-corrected chi connectivity index (χ1v) is 13.0. The van der Waals surface area contributed by atoms with Crippen LogP contribution in [-0.4, -0.2) is 29.3 Å². The highest BCUT2D eigenvalue weighted by Crippen LogP contribution is 2.48. The predicted molar refractivity (Wildman–Crippen MR) is 146 cm³/mol. The average molecular weight is 497 g/mol. The maximum Gasteiger partial charge on any atom is 0.338 e. The summed E-state index contributed by atoms with van der Waals surface area (Å²) in [6.45, 7) is 6.48. The quantitative estimate of drug-likeness (QED) is 0.328. The Morgan fingerprint density at radius 2 is 1.56 bits per heavy atom. The molecule has 3 aromatic carbocycles. The van der Waals surface area contributed by atoms with Crippen LogP contribution in [0.4, 0.5) is 0 Å². The molecular weight excluding hydrogens is 468 g/mol. The zero-order chi connectivity index (χ0) is 25.1. The summed E-state index contributed by atoms with van der Waals surface area (Å²) in [6, 6.07) is 26.3. The normalized spacial score (nSPS) is 16.9. The summed E-state index contributed by atoms with van der Waals surface area (Å²) in [7, 11) is 0. The number of ether oxygens (including phenoxy) is 2. The second-order valence-electron chi connectivity index (χ2n) is 8.42. The van der Waals surface area contributed by atoms with Gasteiger partial charge in [0.15, 0.2) is 5.17 Å². The van der Waals surface area contributed by atoms with E-state index in [1.807, 2.05) is 63.2 Å². The molecule has 0 bridgehead atoms. The summed E-state index contributed by atoms with van der Waals surface area (Å²) in [5.41, 5.74) is 6.46. The van der Waals surface area contributed by atoms with E-state index in [-0.39, 0.29) is 5.97 Å². The molecule has 2 aliphatic heterocycles. The average Bonchev–Trinajstić information content (AvgIpc) is 3.32. The molecule has 5 nitrogen and oxygen atoms in total. The molecule has 2 aliphatic rings. The Hall–Kier alpha value is -3.77. The number of carbonyl (C=O) groups excluding carboxylic acids is 1. The third kappa shape index (κ3) is 4.44. The van der Waals surface area contributed by atoms with Gasteiger partial charge in [0, 0.05) is 11.0 Å². The van der Waals surface area contributed by atoms with Crippen LogP contribution in [0.25, 0.3) is 16.8 Å². The van der Waals surface area contributed by atoms with Gasteiger partial charge < -0.3 is 14.4 Å². The summed E-state index contributed by atoms with van der Waals surface area (Å²) in [5, 5.41) is 2.94. The van der Waals surface area contributed by atoms with Gasteiger partial charge >= 0.3 is 5.97 Å². The number of esters is 1. The lowest BCUT2D eigenvalue weighted by Gasteiger charge is -2.37. The Kier molecular flexibility index (Phi) is 6.96. The monoisotopic (exact) mass is 496 g/mol. The summed E-state index contributed by atoms with van der Waals surface area (Å²) in [5.74, 6) is 0.390. The Balaban J connectivity index is 1.60. The lowest BCUT2D eigenvalue weighted by atomic mass is 9.92. The molecule has 0 amide bonds. The van der Waals surface area contributed by atoms with Gasteiger partial charge in [0.1, 0.15) is 5.75 Å². The maximum atomic E-state index is 13.3. The first-order chi connectivity index (χ1) is 17.6. The van der Waals surface area contributed by atoms with Crippen molar-refractivity contribution in [3.05, 3.63) is 107 Å². The number of carbonyl (C=O) groups is 1. The van der Waals surface area contributed by atoms with Gasteiger partial charge in [-0.2, -0.15) is 0 Å². The van der Waals surface area contributed by atoms with Crippen molar-refractivity contribution in [2.24, 2.45) is 4.99 Å². The molecule has 2 heterocycles. The number of nitrogens with zero attached hydrogens (tertiary/aromatic N) is 2. The van der Waals surface area contributed by atoms with Crippen LogP contribution in [0.1, 0.15) is 37.9 Å². The summed E-state index contributed by atoms with van der Waals surface area (Å²) in [4.78, 5) is 20.2. The van der Waals surface area contributed by atoms with Crippen LogP contribution in [0.2, 0.25) is 0 Å². The number of amidine groups is 1. The van der Waals surface area contributed by atoms with Gasteiger partial charge in [-0.1, -0.05) is 84.6 Å². The zero-order valence-electron chi connectivity index (χ0n) is 20.6. The Bertz CT molecular complexity index is 1360. The zero-order valence-corrected chi connectivity index (χ0v) is 21.4. The lowest BCUT2D eigenvalue weighted by molar-refractivity contribution is -0.139. The van der Waals surface area contributed by atoms with Crippen LogP contribution in [-0.2, 0) is 9.53 Å². The molecule has 0 radical (unpaired) electrons. The predicted octanol–water partition coefficient (Wildman–Crippen LogP) is 7.05. The first kappa shape index (κ1) is 23.9. The van der Waals surface area contributed by atoms with Crippen LogP contribution >= 0.6 is 11.8 Å². The molecule has 0 aliphatic carbocycles. The molecule has 3 aromatic rings. The van der Waals surface area contributed by atoms with E-state index >= 15 is 0 Å². The van der Waals surface area contributed by atoms with Crippen LogP contribution in [0.5, 0.6) is 5.75 Å². The van der Waals surface area contributed by atoms with Crippen LogP contribution < -0.4 is 4.74 Å². The number of benzene rings is 3. The largest absolute Gasteiger partial charge is 0.494 e. The van der Waals surface area contributed by atoms with Gasteiger partial charge in [-0.15, -0.1) is 0 Å². The van der Waals surface area contributed by atoms with Crippen LogP contribution in [0.15, 0.2) is 101 Å². The van der Waals surface area contributed by atoms with Crippen LogP contribution in [0, 0.1) is 0 Å². The van der Waals surface area contributed by atoms with E-state index in [0.29, 0.717) is 24.5 Å². The fourth-order valence-corrected chi connectivity index (χ4v) is 5.59. The number of fused-ring (bicyclic) bond motifs is 1. The molecular formula is C30H28N2O3S. The molecule has 36 heavy (non-hydrogen) atoms. The molecule has 182 valence electrons. The van der Waals surface area contributed by atoms with E-state index < -0.39 is 6.04 Å². The minimum Gasteiger partial charge on any atom is -0.494 e. The van der Waals surface area contributed by atoms with Crippen molar-refractivity contribution in [1.82, 2.24) is 4.90 Å². The molecule has 0 spiro atoms. The molecule has 0 N–H and O–H groups in total. The van der Waals surface area contributed by atoms with Gasteiger partial charge in [-0.3, -0.25) is 0 Å². The van der Waals surface area contributed by atoms with Crippen molar-refractivity contribution in [3.8, 4) is 16.9 Å². The molecule has 1 atom stereocenters. The molecule has 0 aromatic heterocycles. The number of para-hydroxylation sites is 1. The standard InChI is InChI=1S/C30H28N2O3S/c1-4-34-26-14-10-9-13-24(26)28-27(29(33)35-5-2)20(3)31-30-32(28)25(19-36-30)23-17-15-22(16-18-23)21-11-7-6-8-12-21/h6-19,28H,4-5H2,1-3H3/t28-/m1/s1. The summed E-state index contributed by atoms with van der Waals surface area (Å²) >= 11 is 1.57. The molecule has 5 rings (SSSR count). The van der Waals surface area contributed by atoms with Crippen molar-refractivity contribution in [2.45, 2.75) is 26.8 Å². The lowest BCUT2D eigenvalue weighted by Crippen LogP contribution is -2.36. The number of thioether (sulfide) groups is 1. The smallest absolute Gasteiger partial charge is 0.338 e. The van der Waals surface area contributed by atoms with Gasteiger partial charge in [-0.25, -0.2) is 9.79 Å². The van der Waals surface area contributed by atoms with E-state index in [2.05, 4.69) is 46.7 Å². The van der Waals surface area contributed by atoms with Gasteiger partial charge in [0.2, 0.25) is 0 Å². The van der Waals surface area contributed by atoms with Crippen molar-refractivity contribution < 1.29 is 14.3 Å². The number of rotatable bonds is 7. The second-order valence-corrected chi connectivity index (χ2v) is 9.26. The van der Waals surface area contributed by atoms with E-state index in [1.165, 1.54) is 5.56 Å². The Labute approximate surface area is 216 Å². The van der Waals surface area contributed by atoms with Gasteiger partial charge in [-0.05, 0) is 43.5 Å². The number of allylic oxidation sites excluding steroid dienone is 1. The third-order valence-electron chi connectivity index (χ3n) is 6.22. The summed E-state index contributed by atoms with van der Waals surface area (Å²) in [6.07, 6.45) is 0. The number of hydrogen-bond donors (Lipinski definition) is 0. The fourth-order valence-electron chi connectivity index (χ4n) is 4.61. The highest BCUT2D eigenvalue weighted by atomic mass is 32.2. The van der Waals surface area contributed by atoms with Crippen LogP contribution in [0.3, 0.4) is 0 Å². The minimum atomic E-state index is -0.422. The topological polar surface area (TPSA) is 51.1 Å². The second kappa shape index (κ2) is 10.5. The summed E-state index contributed by atoms with van der Waals surface area (Å²) < 4.78 is 11.5. The van der Waals surface area contributed by atoms with Gasteiger partial charge in [0.25, 0.3) is 0 Å². The van der Waals surface area contributed by atoms with E-state index in [1.54, 1.807) is 11.8 Å². The molecule has 0 saturated carbocycles. The Morgan fingerprint density at radius 1 is 0.889 bits per heavy atom. The first-order valence-electron chi connectivity index (χ1n) is 12.1. The van der Waals surface area contributed by atoms with E-state index in [0.717, 1.165) is 33.3 Å². The molecule has 0 unspecified atom stereocenters. The molecule has 0 saturated heterocycles. The SMILES string of the molecule is CCOC(=O)C1=C(C)N=C2SC=C(c3ccc(-c4ccccc4)cc3)N2[C@@H]1c1ccccc1OCC. The van der Waals surface area contributed by atoms with E-state index in [4.69, 9.17) is 14.5 Å². The van der Waals surface area contributed by atoms with Crippen molar-refractivity contribution in [1.29, 1.82) is 0 Å². The van der Waals surface area contributed by atoms with Crippen molar-refractivity contribution in [3.63, 3.8) is 0 Å². The maximum absolute atomic E-state index is 13.3. The van der Waals surface area contributed by atoms with E-state index in [9.17, 15) is 4.79 Å². The molecule has 0 fully saturated rings. The number of hydrogen-bond acceptors (Lipinski definition) is 6. The van der Waals surface area contributed by atoms with Crippen molar-refractivity contribution >= 4 is 28.6 Å². The Morgan fingerprint density at radius 3 is 2.28 bits per heavy atom.